The van der Waals surface area contributed by atoms with Gasteiger partial charge in [-0.05, 0) is 48.4 Å². The second-order valence-corrected chi connectivity index (χ2v) is 9.40. The van der Waals surface area contributed by atoms with Crippen molar-refractivity contribution in [3.8, 4) is 11.3 Å². The zero-order chi connectivity index (χ0) is 24.2. The SMILES string of the molecule is Cc1c(-c2ccccc2)nc2ccc(Br)cc2c1C(=O)NC[C@@H](CC(=O)O)c1ccc(Cl)cc1. The van der Waals surface area contributed by atoms with Gasteiger partial charge in [-0.3, -0.25) is 9.59 Å². The number of aliphatic carboxylic acids is 1. The van der Waals surface area contributed by atoms with E-state index >= 15 is 0 Å². The monoisotopic (exact) mass is 536 g/mol. The second-order valence-electron chi connectivity index (χ2n) is 8.04. The van der Waals surface area contributed by atoms with Gasteiger partial charge in [0.2, 0.25) is 0 Å². The molecular formula is C27H22BrClN2O3. The van der Waals surface area contributed by atoms with E-state index in [2.05, 4.69) is 21.2 Å². The number of nitrogens with one attached hydrogen (secondary N) is 1. The number of amides is 1. The minimum absolute atomic E-state index is 0.112. The standard InChI is InChI=1S/C27H22BrClN2O3/c1-16-25(27(34)30-15-19(13-24(32)33)17-7-10-21(29)11-8-17)22-14-20(28)9-12-23(22)31-26(16)18-5-3-2-4-6-18/h2-12,14,19H,13,15H2,1H3,(H,30,34)(H,32,33)/t19-/m1/s1. The number of benzene rings is 3. The lowest BCUT2D eigenvalue weighted by atomic mass is 9.94. The summed E-state index contributed by atoms with van der Waals surface area (Å²) in [4.78, 5) is 29.8. The van der Waals surface area contributed by atoms with Gasteiger partial charge >= 0.3 is 5.97 Å². The van der Waals surface area contributed by atoms with Crippen molar-refractivity contribution in [2.75, 3.05) is 6.54 Å². The number of aromatic nitrogens is 1. The first-order valence-electron chi connectivity index (χ1n) is 10.7. The van der Waals surface area contributed by atoms with Crippen molar-refractivity contribution in [2.24, 2.45) is 0 Å². The Balaban J connectivity index is 1.72. The lowest BCUT2D eigenvalue weighted by molar-refractivity contribution is -0.137. The molecule has 0 bridgehead atoms. The van der Waals surface area contributed by atoms with Crippen LogP contribution >= 0.6 is 27.5 Å². The molecule has 172 valence electrons. The van der Waals surface area contributed by atoms with Gasteiger partial charge in [0.15, 0.2) is 0 Å². The summed E-state index contributed by atoms with van der Waals surface area (Å²) >= 11 is 9.48. The topological polar surface area (TPSA) is 79.3 Å². The van der Waals surface area contributed by atoms with Crippen LogP contribution in [0.2, 0.25) is 5.02 Å². The van der Waals surface area contributed by atoms with Gasteiger partial charge < -0.3 is 10.4 Å². The molecule has 1 aromatic heterocycles. The number of carboxylic acids is 1. The Bertz CT molecular complexity index is 1360. The summed E-state index contributed by atoms with van der Waals surface area (Å²) in [6.45, 7) is 2.06. The maximum atomic E-state index is 13.5. The highest BCUT2D eigenvalue weighted by Gasteiger charge is 2.22. The number of rotatable bonds is 7. The Labute approximate surface area is 210 Å². The third kappa shape index (κ3) is 5.29. The summed E-state index contributed by atoms with van der Waals surface area (Å²) in [5.41, 5.74) is 4.45. The summed E-state index contributed by atoms with van der Waals surface area (Å²) < 4.78 is 0.840. The molecule has 0 aliphatic rings. The Morgan fingerprint density at radius 3 is 2.44 bits per heavy atom. The molecule has 5 nitrogen and oxygen atoms in total. The van der Waals surface area contributed by atoms with Crippen LogP contribution in [0.3, 0.4) is 0 Å². The number of hydrogen-bond donors (Lipinski definition) is 2. The molecule has 0 spiro atoms. The fourth-order valence-electron chi connectivity index (χ4n) is 4.06. The Morgan fingerprint density at radius 1 is 1.06 bits per heavy atom. The smallest absolute Gasteiger partial charge is 0.304 e. The third-order valence-corrected chi connectivity index (χ3v) is 6.48. The first kappa shape index (κ1) is 23.9. The van der Waals surface area contributed by atoms with Crippen LogP contribution in [0.25, 0.3) is 22.2 Å². The average Bonchev–Trinajstić information content (AvgIpc) is 2.82. The van der Waals surface area contributed by atoms with Crippen molar-refractivity contribution in [1.29, 1.82) is 0 Å². The van der Waals surface area contributed by atoms with Crippen molar-refractivity contribution < 1.29 is 14.7 Å². The highest BCUT2D eigenvalue weighted by atomic mass is 79.9. The Kier molecular flexibility index (Phi) is 7.29. The largest absolute Gasteiger partial charge is 0.481 e. The lowest BCUT2D eigenvalue weighted by Crippen LogP contribution is -2.30. The number of carboxylic acid groups (broad SMARTS) is 1. The molecule has 0 aliphatic heterocycles. The number of carbonyl (C=O) groups is 2. The molecule has 1 atom stereocenters. The summed E-state index contributed by atoms with van der Waals surface area (Å²) in [6.07, 6.45) is -0.112. The van der Waals surface area contributed by atoms with Crippen molar-refractivity contribution in [2.45, 2.75) is 19.3 Å². The maximum absolute atomic E-state index is 13.5. The molecule has 4 aromatic rings. The molecule has 34 heavy (non-hydrogen) atoms. The van der Waals surface area contributed by atoms with Crippen molar-refractivity contribution >= 4 is 50.3 Å². The van der Waals surface area contributed by atoms with Gasteiger partial charge in [0, 0.05) is 32.9 Å². The molecule has 1 amide bonds. The zero-order valence-electron chi connectivity index (χ0n) is 18.4. The van der Waals surface area contributed by atoms with E-state index in [1.165, 1.54) is 0 Å². The molecule has 0 radical (unpaired) electrons. The summed E-state index contributed by atoms with van der Waals surface area (Å²) in [5.74, 6) is -1.60. The van der Waals surface area contributed by atoms with Gasteiger partial charge in [0.05, 0.1) is 23.2 Å². The first-order valence-corrected chi connectivity index (χ1v) is 11.9. The van der Waals surface area contributed by atoms with Crippen LogP contribution in [-0.2, 0) is 4.79 Å². The highest BCUT2D eigenvalue weighted by Crippen LogP contribution is 2.31. The van der Waals surface area contributed by atoms with E-state index in [-0.39, 0.29) is 18.9 Å². The van der Waals surface area contributed by atoms with Crippen LogP contribution in [-0.4, -0.2) is 28.5 Å². The van der Waals surface area contributed by atoms with E-state index in [0.717, 1.165) is 32.2 Å². The summed E-state index contributed by atoms with van der Waals surface area (Å²) in [5, 5.41) is 13.7. The molecule has 0 aliphatic carbocycles. The normalized spacial score (nSPS) is 11.9. The highest BCUT2D eigenvalue weighted by molar-refractivity contribution is 9.10. The van der Waals surface area contributed by atoms with E-state index in [1.54, 1.807) is 24.3 Å². The molecular weight excluding hydrogens is 516 g/mol. The van der Waals surface area contributed by atoms with Crippen LogP contribution < -0.4 is 5.32 Å². The first-order chi connectivity index (χ1) is 16.3. The van der Waals surface area contributed by atoms with E-state index in [0.29, 0.717) is 16.1 Å². The molecule has 0 saturated carbocycles. The van der Waals surface area contributed by atoms with Crippen LogP contribution in [0.1, 0.15) is 33.8 Å². The zero-order valence-corrected chi connectivity index (χ0v) is 20.7. The number of pyridine rings is 1. The van der Waals surface area contributed by atoms with Gasteiger partial charge in [-0.1, -0.05) is 70.0 Å². The van der Waals surface area contributed by atoms with Gasteiger partial charge in [-0.2, -0.15) is 0 Å². The van der Waals surface area contributed by atoms with Gasteiger partial charge in [-0.25, -0.2) is 4.98 Å². The number of nitrogens with zero attached hydrogens (tertiary/aromatic N) is 1. The minimum Gasteiger partial charge on any atom is -0.481 e. The van der Waals surface area contributed by atoms with Crippen LogP contribution in [0.5, 0.6) is 0 Å². The molecule has 1 heterocycles. The van der Waals surface area contributed by atoms with Gasteiger partial charge in [0.25, 0.3) is 5.91 Å². The van der Waals surface area contributed by atoms with E-state index < -0.39 is 11.9 Å². The third-order valence-electron chi connectivity index (χ3n) is 5.74. The van der Waals surface area contributed by atoms with Crippen molar-refractivity contribution in [3.05, 3.63) is 99.0 Å². The molecule has 4 rings (SSSR count). The number of carbonyl (C=O) groups excluding carboxylic acids is 1. The fourth-order valence-corrected chi connectivity index (χ4v) is 4.55. The second kappa shape index (κ2) is 10.4. The van der Waals surface area contributed by atoms with Gasteiger partial charge in [-0.15, -0.1) is 0 Å². The minimum atomic E-state index is -0.935. The number of fused-ring (bicyclic) bond motifs is 1. The average molecular weight is 538 g/mol. The summed E-state index contributed by atoms with van der Waals surface area (Å²) in [6, 6.07) is 22.4. The molecule has 0 fully saturated rings. The van der Waals surface area contributed by atoms with Crippen LogP contribution in [0.15, 0.2) is 77.3 Å². The Hall–Kier alpha value is -3.22. The van der Waals surface area contributed by atoms with Gasteiger partial charge in [0.1, 0.15) is 0 Å². The summed E-state index contributed by atoms with van der Waals surface area (Å²) in [7, 11) is 0. The predicted molar refractivity (Wildman–Crippen MR) is 138 cm³/mol. The number of halogens is 2. The van der Waals surface area contributed by atoms with E-state index in [4.69, 9.17) is 16.6 Å². The maximum Gasteiger partial charge on any atom is 0.304 e. The van der Waals surface area contributed by atoms with Crippen molar-refractivity contribution in [3.63, 3.8) is 0 Å². The van der Waals surface area contributed by atoms with Crippen LogP contribution in [0.4, 0.5) is 0 Å². The number of hydrogen-bond acceptors (Lipinski definition) is 3. The molecule has 7 heteroatoms. The Morgan fingerprint density at radius 2 is 1.76 bits per heavy atom. The quantitative estimate of drug-likeness (QED) is 0.278. The molecule has 0 saturated heterocycles. The molecule has 2 N–H and O–H groups in total. The van der Waals surface area contributed by atoms with E-state index in [9.17, 15) is 14.7 Å². The van der Waals surface area contributed by atoms with Crippen molar-refractivity contribution in [1.82, 2.24) is 10.3 Å². The van der Waals surface area contributed by atoms with Crippen LogP contribution in [0, 0.1) is 6.92 Å². The molecule has 3 aromatic carbocycles. The van der Waals surface area contributed by atoms with E-state index in [1.807, 2.05) is 55.5 Å². The molecule has 0 unspecified atom stereocenters. The predicted octanol–water partition coefficient (Wildman–Crippen LogP) is 6.61. The fraction of sp³-hybridized carbons (Fsp3) is 0.148. The lowest BCUT2D eigenvalue weighted by Gasteiger charge is -2.19.